The molecular formula is C19H17NO3. The number of allylic oxidation sites excluding steroid dienone is 1. The number of phenolic OH excluding ortho intramolecular Hbond substituents is 1. The summed E-state index contributed by atoms with van der Waals surface area (Å²) in [6.07, 6.45) is 4.24. The molecule has 116 valence electrons. The van der Waals surface area contributed by atoms with Gasteiger partial charge in [-0.05, 0) is 48.7 Å². The first-order valence-corrected chi connectivity index (χ1v) is 7.83. The predicted molar refractivity (Wildman–Crippen MR) is 88.9 cm³/mol. The number of hydrogen-bond donors (Lipinski definition) is 1. The molecule has 23 heavy (non-hydrogen) atoms. The van der Waals surface area contributed by atoms with Gasteiger partial charge in [0.1, 0.15) is 11.5 Å². The van der Waals surface area contributed by atoms with Crippen LogP contribution in [0.2, 0.25) is 0 Å². The van der Waals surface area contributed by atoms with Gasteiger partial charge in [-0.25, -0.2) is 0 Å². The number of nitrogens with zero attached hydrogens (tertiary/aromatic N) is 1. The first-order chi connectivity index (χ1) is 11.2. The van der Waals surface area contributed by atoms with Crippen LogP contribution in [-0.2, 0) is 0 Å². The molecule has 1 saturated heterocycles. The fourth-order valence-corrected chi connectivity index (χ4v) is 3.08. The summed E-state index contributed by atoms with van der Waals surface area (Å²) in [7, 11) is 0. The van der Waals surface area contributed by atoms with E-state index in [-0.39, 0.29) is 11.5 Å². The summed E-state index contributed by atoms with van der Waals surface area (Å²) in [6.45, 7) is 2.22. The van der Waals surface area contributed by atoms with Gasteiger partial charge < -0.3 is 14.7 Å². The smallest absolute Gasteiger partial charge is 0.231 e. The monoisotopic (exact) mass is 307 g/mol. The Morgan fingerprint density at radius 2 is 1.78 bits per heavy atom. The minimum Gasteiger partial charge on any atom is -0.508 e. The van der Waals surface area contributed by atoms with Gasteiger partial charge in [0.25, 0.3) is 0 Å². The Labute approximate surface area is 134 Å². The van der Waals surface area contributed by atoms with Gasteiger partial charge in [-0.15, -0.1) is 0 Å². The molecule has 2 aromatic carbocycles. The highest BCUT2D eigenvalue weighted by Crippen LogP contribution is 2.34. The van der Waals surface area contributed by atoms with Gasteiger partial charge in [-0.2, -0.15) is 0 Å². The summed E-state index contributed by atoms with van der Waals surface area (Å²) < 4.78 is 5.58. The summed E-state index contributed by atoms with van der Waals surface area (Å²) in [5, 5.41) is 9.48. The lowest BCUT2D eigenvalue weighted by Gasteiger charge is -2.17. The third-order valence-electron chi connectivity index (χ3n) is 4.32. The SMILES string of the molecule is O=C1/C(=C\c2ccc(N3CCCC3)cc2)Oc2cc(O)ccc21. The largest absolute Gasteiger partial charge is 0.508 e. The lowest BCUT2D eigenvalue weighted by atomic mass is 10.1. The lowest BCUT2D eigenvalue weighted by molar-refractivity contribution is 0.101. The van der Waals surface area contributed by atoms with Crippen LogP contribution in [-0.4, -0.2) is 24.0 Å². The van der Waals surface area contributed by atoms with Gasteiger partial charge in [0.05, 0.1) is 5.56 Å². The molecule has 0 aliphatic carbocycles. The van der Waals surface area contributed by atoms with Crippen LogP contribution in [0.15, 0.2) is 48.2 Å². The van der Waals surface area contributed by atoms with Crippen molar-refractivity contribution in [3.8, 4) is 11.5 Å². The number of carbonyl (C=O) groups excluding carboxylic acids is 1. The van der Waals surface area contributed by atoms with E-state index in [1.165, 1.54) is 30.7 Å². The highest BCUT2D eigenvalue weighted by Gasteiger charge is 2.27. The average molecular weight is 307 g/mol. The van der Waals surface area contributed by atoms with Gasteiger partial charge >= 0.3 is 0 Å². The number of ketones is 1. The number of benzene rings is 2. The Kier molecular flexibility index (Phi) is 3.30. The Morgan fingerprint density at radius 1 is 1.04 bits per heavy atom. The van der Waals surface area contributed by atoms with Gasteiger partial charge in [-0.1, -0.05) is 12.1 Å². The fourth-order valence-electron chi connectivity index (χ4n) is 3.08. The summed E-state index contributed by atoms with van der Waals surface area (Å²) in [6, 6.07) is 12.7. The molecule has 4 nitrogen and oxygen atoms in total. The van der Waals surface area contributed by atoms with Crippen LogP contribution < -0.4 is 9.64 Å². The molecule has 2 aromatic rings. The minimum absolute atomic E-state index is 0.0905. The first kappa shape index (κ1) is 13.9. The highest BCUT2D eigenvalue weighted by atomic mass is 16.5. The number of hydrogen-bond acceptors (Lipinski definition) is 4. The molecule has 2 aliphatic rings. The van der Waals surface area contributed by atoms with Crippen molar-refractivity contribution in [2.75, 3.05) is 18.0 Å². The van der Waals surface area contributed by atoms with Gasteiger partial charge in [0.2, 0.25) is 5.78 Å². The molecule has 0 spiro atoms. The van der Waals surface area contributed by atoms with Crippen molar-refractivity contribution >= 4 is 17.5 Å². The second kappa shape index (κ2) is 5.47. The Morgan fingerprint density at radius 3 is 2.52 bits per heavy atom. The van der Waals surface area contributed by atoms with Crippen molar-refractivity contribution in [1.82, 2.24) is 0 Å². The van der Waals surface area contributed by atoms with Gasteiger partial charge in [0, 0.05) is 24.8 Å². The van der Waals surface area contributed by atoms with E-state index >= 15 is 0 Å². The third-order valence-corrected chi connectivity index (χ3v) is 4.32. The zero-order chi connectivity index (χ0) is 15.8. The topological polar surface area (TPSA) is 49.8 Å². The number of carbonyl (C=O) groups is 1. The molecule has 0 saturated carbocycles. The molecule has 0 aromatic heterocycles. The Hall–Kier alpha value is -2.75. The Balaban J connectivity index is 1.58. The summed E-state index contributed by atoms with van der Waals surface area (Å²) in [5.74, 6) is 0.644. The number of anilines is 1. The van der Waals surface area contributed by atoms with Crippen LogP contribution in [0.5, 0.6) is 11.5 Å². The number of aromatic hydroxyl groups is 1. The molecule has 1 fully saturated rings. The standard InChI is InChI=1S/C19H17NO3/c21-15-7-8-16-17(12-15)23-18(19(16)22)11-13-3-5-14(6-4-13)20-9-1-2-10-20/h3-8,11-12,21H,1-2,9-10H2/b18-11+. The van der Waals surface area contributed by atoms with Gasteiger partial charge in [-0.3, -0.25) is 4.79 Å². The van der Waals surface area contributed by atoms with E-state index in [4.69, 9.17) is 4.74 Å². The first-order valence-electron chi connectivity index (χ1n) is 7.83. The van der Waals surface area contributed by atoms with Crippen LogP contribution in [0.4, 0.5) is 5.69 Å². The highest BCUT2D eigenvalue weighted by molar-refractivity contribution is 6.14. The molecule has 0 radical (unpaired) electrons. The summed E-state index contributed by atoms with van der Waals surface area (Å²) in [5.41, 5.74) is 2.63. The molecule has 0 bridgehead atoms. The van der Waals surface area contributed by atoms with E-state index in [9.17, 15) is 9.90 Å². The van der Waals surface area contributed by atoms with E-state index < -0.39 is 0 Å². The second-order valence-electron chi connectivity index (χ2n) is 5.91. The molecular weight excluding hydrogens is 290 g/mol. The number of phenols is 1. The third kappa shape index (κ3) is 2.57. The maximum absolute atomic E-state index is 12.3. The number of rotatable bonds is 2. The maximum Gasteiger partial charge on any atom is 0.231 e. The van der Waals surface area contributed by atoms with E-state index in [1.807, 2.05) is 12.1 Å². The molecule has 0 amide bonds. The molecule has 0 atom stereocenters. The molecule has 4 heteroatoms. The molecule has 2 heterocycles. The number of fused-ring (bicyclic) bond motifs is 1. The van der Waals surface area contributed by atoms with E-state index in [0.29, 0.717) is 17.1 Å². The van der Waals surface area contributed by atoms with Crippen LogP contribution in [0.25, 0.3) is 6.08 Å². The number of ether oxygens (including phenoxy) is 1. The van der Waals surface area contributed by atoms with Crippen molar-refractivity contribution in [2.45, 2.75) is 12.8 Å². The van der Waals surface area contributed by atoms with Crippen LogP contribution in [0.3, 0.4) is 0 Å². The van der Waals surface area contributed by atoms with E-state index in [0.717, 1.165) is 18.7 Å². The summed E-state index contributed by atoms with van der Waals surface area (Å²) in [4.78, 5) is 14.7. The molecule has 1 N–H and O–H groups in total. The van der Waals surface area contributed by atoms with Crippen LogP contribution >= 0.6 is 0 Å². The van der Waals surface area contributed by atoms with Crippen molar-refractivity contribution in [1.29, 1.82) is 0 Å². The quantitative estimate of drug-likeness (QED) is 0.861. The summed E-state index contributed by atoms with van der Waals surface area (Å²) >= 11 is 0. The zero-order valence-corrected chi connectivity index (χ0v) is 12.7. The van der Waals surface area contributed by atoms with Crippen molar-refractivity contribution in [3.63, 3.8) is 0 Å². The number of Topliss-reactive ketones (excluding diaryl/α,β-unsaturated/α-hetero) is 1. The molecule has 0 unspecified atom stereocenters. The Bertz CT molecular complexity index is 787. The average Bonchev–Trinajstić information content (AvgIpc) is 3.18. The predicted octanol–water partition coefficient (Wildman–Crippen LogP) is 3.61. The normalized spacial score (nSPS) is 18.3. The lowest BCUT2D eigenvalue weighted by Crippen LogP contribution is -2.17. The second-order valence-corrected chi connectivity index (χ2v) is 5.91. The van der Waals surface area contributed by atoms with Crippen LogP contribution in [0, 0.1) is 0 Å². The van der Waals surface area contributed by atoms with E-state index in [2.05, 4.69) is 17.0 Å². The molecule has 4 rings (SSSR count). The van der Waals surface area contributed by atoms with Crippen molar-refractivity contribution < 1.29 is 14.6 Å². The van der Waals surface area contributed by atoms with E-state index in [1.54, 1.807) is 12.1 Å². The van der Waals surface area contributed by atoms with Gasteiger partial charge in [0.15, 0.2) is 5.76 Å². The zero-order valence-electron chi connectivity index (χ0n) is 12.7. The minimum atomic E-state index is -0.149. The van der Waals surface area contributed by atoms with Crippen molar-refractivity contribution in [3.05, 3.63) is 59.4 Å². The van der Waals surface area contributed by atoms with Crippen molar-refractivity contribution in [2.24, 2.45) is 0 Å². The molecule has 2 aliphatic heterocycles. The maximum atomic E-state index is 12.3. The fraction of sp³-hybridized carbons (Fsp3) is 0.211. The van der Waals surface area contributed by atoms with Crippen LogP contribution in [0.1, 0.15) is 28.8 Å².